The van der Waals surface area contributed by atoms with Crippen molar-refractivity contribution in [3.05, 3.63) is 11.6 Å². The number of hydrogen-bond acceptors (Lipinski definition) is 3. The van der Waals surface area contributed by atoms with Gasteiger partial charge < -0.3 is 9.64 Å². The Hall–Kier alpha value is -1.32. The summed E-state index contributed by atoms with van der Waals surface area (Å²) in [5, 5.41) is 0. The zero-order valence-electron chi connectivity index (χ0n) is 10.9. The Morgan fingerprint density at radius 1 is 1.41 bits per heavy atom. The Bertz CT molecular complexity index is 323. The molecule has 1 aliphatic heterocycles. The van der Waals surface area contributed by atoms with Crippen molar-refractivity contribution >= 4 is 11.9 Å². The summed E-state index contributed by atoms with van der Waals surface area (Å²) in [5.74, 6) is -0.343. The molecule has 0 saturated carbocycles. The zero-order valence-corrected chi connectivity index (χ0v) is 10.9. The molecule has 4 heteroatoms. The van der Waals surface area contributed by atoms with E-state index in [-0.39, 0.29) is 11.9 Å². The van der Waals surface area contributed by atoms with Crippen LogP contribution in [0.4, 0.5) is 0 Å². The lowest BCUT2D eigenvalue weighted by molar-refractivity contribution is -0.153. The highest BCUT2D eigenvalue weighted by Gasteiger charge is 2.32. The van der Waals surface area contributed by atoms with Gasteiger partial charge in [0.2, 0.25) is 5.91 Å². The molecule has 0 aromatic rings. The predicted molar refractivity (Wildman–Crippen MR) is 65.4 cm³/mol. The Kier molecular flexibility index (Phi) is 5.19. The Balaban J connectivity index is 2.81. The van der Waals surface area contributed by atoms with Crippen LogP contribution in [0.3, 0.4) is 0 Å². The lowest BCUT2D eigenvalue weighted by atomic mass is 10.0. The SMILES string of the molecule is CC/C=C(/C)C(=O)N1CCCCC1C(=O)OC. The van der Waals surface area contributed by atoms with E-state index in [9.17, 15) is 9.59 Å². The van der Waals surface area contributed by atoms with E-state index < -0.39 is 6.04 Å². The first kappa shape index (κ1) is 13.7. The molecule has 0 bridgehead atoms. The summed E-state index contributed by atoms with van der Waals surface area (Å²) >= 11 is 0. The standard InChI is InChI=1S/C13H21NO3/c1-4-7-10(2)12(15)14-9-6-5-8-11(14)13(16)17-3/h7,11H,4-6,8-9H2,1-3H3/b10-7-. The highest BCUT2D eigenvalue weighted by molar-refractivity contribution is 5.95. The monoisotopic (exact) mass is 239 g/mol. The quantitative estimate of drug-likeness (QED) is 0.558. The van der Waals surface area contributed by atoms with E-state index >= 15 is 0 Å². The molecule has 1 fully saturated rings. The molecule has 0 aliphatic carbocycles. The van der Waals surface area contributed by atoms with Crippen LogP contribution in [-0.4, -0.2) is 36.5 Å². The van der Waals surface area contributed by atoms with Crippen LogP contribution in [0.5, 0.6) is 0 Å². The van der Waals surface area contributed by atoms with Crippen molar-refractivity contribution in [2.75, 3.05) is 13.7 Å². The van der Waals surface area contributed by atoms with Crippen molar-refractivity contribution in [3.63, 3.8) is 0 Å². The van der Waals surface area contributed by atoms with E-state index in [4.69, 9.17) is 4.74 Å². The molecule has 1 saturated heterocycles. The van der Waals surface area contributed by atoms with Crippen LogP contribution in [0.1, 0.15) is 39.5 Å². The molecule has 96 valence electrons. The molecule has 0 N–H and O–H groups in total. The minimum atomic E-state index is -0.401. The maximum Gasteiger partial charge on any atom is 0.328 e. The first-order valence-electron chi connectivity index (χ1n) is 6.17. The first-order chi connectivity index (χ1) is 8.11. The average Bonchev–Trinajstić information content (AvgIpc) is 2.37. The lowest BCUT2D eigenvalue weighted by Crippen LogP contribution is -2.48. The van der Waals surface area contributed by atoms with Gasteiger partial charge in [0.25, 0.3) is 0 Å². The molecule has 0 radical (unpaired) electrons. The van der Waals surface area contributed by atoms with Gasteiger partial charge in [-0.05, 0) is 32.6 Å². The maximum absolute atomic E-state index is 12.2. The molecule has 0 spiro atoms. The Morgan fingerprint density at radius 2 is 2.12 bits per heavy atom. The van der Waals surface area contributed by atoms with Gasteiger partial charge in [0.1, 0.15) is 6.04 Å². The van der Waals surface area contributed by atoms with Gasteiger partial charge >= 0.3 is 5.97 Å². The molecular formula is C13H21NO3. The van der Waals surface area contributed by atoms with Gasteiger partial charge in [-0.1, -0.05) is 13.0 Å². The fourth-order valence-electron chi connectivity index (χ4n) is 2.18. The van der Waals surface area contributed by atoms with Crippen molar-refractivity contribution in [3.8, 4) is 0 Å². The van der Waals surface area contributed by atoms with Gasteiger partial charge in [0, 0.05) is 12.1 Å². The second-order valence-corrected chi connectivity index (χ2v) is 4.33. The van der Waals surface area contributed by atoms with Gasteiger partial charge in [0.15, 0.2) is 0 Å². The summed E-state index contributed by atoms with van der Waals surface area (Å²) < 4.78 is 4.76. The van der Waals surface area contributed by atoms with E-state index in [1.165, 1.54) is 7.11 Å². The number of methoxy groups -OCH3 is 1. The van der Waals surface area contributed by atoms with Crippen molar-refractivity contribution in [2.45, 2.75) is 45.6 Å². The smallest absolute Gasteiger partial charge is 0.328 e. The number of esters is 1. The number of allylic oxidation sites excluding steroid dienone is 1. The molecule has 1 amide bonds. The molecule has 0 aromatic carbocycles. The van der Waals surface area contributed by atoms with Gasteiger partial charge in [-0.25, -0.2) is 4.79 Å². The molecule has 1 rings (SSSR count). The number of nitrogens with zero attached hydrogens (tertiary/aromatic N) is 1. The normalized spacial score (nSPS) is 21.2. The van der Waals surface area contributed by atoms with Crippen molar-refractivity contribution in [1.82, 2.24) is 4.90 Å². The summed E-state index contributed by atoms with van der Waals surface area (Å²) in [4.78, 5) is 25.4. The minimum Gasteiger partial charge on any atom is -0.467 e. The number of rotatable bonds is 3. The van der Waals surface area contributed by atoms with Crippen molar-refractivity contribution < 1.29 is 14.3 Å². The van der Waals surface area contributed by atoms with Crippen LogP contribution in [-0.2, 0) is 14.3 Å². The summed E-state index contributed by atoms with van der Waals surface area (Å²) in [5.41, 5.74) is 0.711. The van der Waals surface area contributed by atoms with Crippen LogP contribution in [0.25, 0.3) is 0 Å². The highest BCUT2D eigenvalue weighted by atomic mass is 16.5. The molecule has 1 aliphatic rings. The number of piperidine rings is 1. The number of hydrogen-bond donors (Lipinski definition) is 0. The summed E-state index contributed by atoms with van der Waals surface area (Å²) in [6.07, 6.45) is 5.36. The van der Waals surface area contributed by atoms with Crippen LogP contribution in [0.15, 0.2) is 11.6 Å². The predicted octanol–water partition coefficient (Wildman–Crippen LogP) is 1.90. The summed E-state index contributed by atoms with van der Waals surface area (Å²) in [7, 11) is 1.37. The molecule has 4 nitrogen and oxygen atoms in total. The third-order valence-corrected chi connectivity index (χ3v) is 3.08. The number of carbonyl (C=O) groups is 2. The van der Waals surface area contributed by atoms with E-state index in [0.717, 1.165) is 19.3 Å². The fourth-order valence-corrected chi connectivity index (χ4v) is 2.18. The first-order valence-corrected chi connectivity index (χ1v) is 6.17. The topological polar surface area (TPSA) is 46.6 Å². The van der Waals surface area contributed by atoms with Crippen LogP contribution in [0, 0.1) is 0 Å². The van der Waals surface area contributed by atoms with Crippen LogP contribution in [0.2, 0.25) is 0 Å². The van der Waals surface area contributed by atoms with Crippen LogP contribution >= 0.6 is 0 Å². The minimum absolute atomic E-state index is 0.0399. The number of ether oxygens (including phenoxy) is 1. The van der Waals surface area contributed by atoms with Gasteiger partial charge in [0.05, 0.1) is 7.11 Å². The third kappa shape index (κ3) is 3.32. The van der Waals surface area contributed by atoms with E-state index in [1.54, 1.807) is 11.8 Å². The second-order valence-electron chi connectivity index (χ2n) is 4.33. The molecular weight excluding hydrogens is 218 g/mol. The Morgan fingerprint density at radius 3 is 2.71 bits per heavy atom. The molecule has 0 aromatic heterocycles. The molecule has 1 heterocycles. The maximum atomic E-state index is 12.2. The lowest BCUT2D eigenvalue weighted by Gasteiger charge is -2.34. The molecule has 1 atom stereocenters. The fraction of sp³-hybridized carbons (Fsp3) is 0.692. The van der Waals surface area contributed by atoms with Gasteiger partial charge in [-0.15, -0.1) is 0 Å². The summed E-state index contributed by atoms with van der Waals surface area (Å²) in [6, 6.07) is -0.401. The number of amides is 1. The van der Waals surface area contributed by atoms with E-state index in [2.05, 4.69) is 0 Å². The Labute approximate surface area is 103 Å². The molecule has 17 heavy (non-hydrogen) atoms. The second kappa shape index (κ2) is 6.42. The van der Waals surface area contributed by atoms with Crippen molar-refractivity contribution in [1.29, 1.82) is 0 Å². The van der Waals surface area contributed by atoms with E-state index in [1.807, 2.05) is 13.0 Å². The number of carbonyl (C=O) groups excluding carboxylic acids is 2. The largest absolute Gasteiger partial charge is 0.467 e. The van der Waals surface area contributed by atoms with Gasteiger partial charge in [-0.2, -0.15) is 0 Å². The summed E-state index contributed by atoms with van der Waals surface area (Å²) in [6.45, 7) is 4.44. The van der Waals surface area contributed by atoms with Gasteiger partial charge in [-0.3, -0.25) is 4.79 Å². The average molecular weight is 239 g/mol. The number of likely N-dealkylation sites (tertiary alicyclic amines) is 1. The van der Waals surface area contributed by atoms with E-state index in [0.29, 0.717) is 18.5 Å². The highest BCUT2D eigenvalue weighted by Crippen LogP contribution is 2.20. The van der Waals surface area contributed by atoms with Crippen molar-refractivity contribution in [2.24, 2.45) is 0 Å². The third-order valence-electron chi connectivity index (χ3n) is 3.08. The van der Waals surface area contributed by atoms with Crippen LogP contribution < -0.4 is 0 Å². The molecule has 1 unspecified atom stereocenters. The zero-order chi connectivity index (χ0) is 12.8.